The van der Waals surface area contributed by atoms with Crippen LogP contribution in [0.2, 0.25) is 0 Å². The van der Waals surface area contributed by atoms with E-state index in [0.717, 1.165) is 45.4 Å². The van der Waals surface area contributed by atoms with Gasteiger partial charge in [0.15, 0.2) is 0 Å². The molecule has 4 aromatic carbocycles. The number of hydrogen-bond acceptors (Lipinski definition) is 3. The third-order valence-corrected chi connectivity index (χ3v) is 4.88. The molecular weight excluding hydrogens is 372 g/mol. The highest BCUT2D eigenvalue weighted by Gasteiger charge is 2.14. The lowest BCUT2D eigenvalue weighted by molar-refractivity contribution is 0.362. The van der Waals surface area contributed by atoms with Crippen molar-refractivity contribution in [2.45, 2.75) is 0 Å². The highest BCUT2D eigenvalue weighted by Crippen LogP contribution is 2.35. The first-order chi connectivity index (χ1) is 14.8. The zero-order chi connectivity index (χ0) is 20.2. The van der Waals surface area contributed by atoms with Gasteiger partial charge >= 0.3 is 0 Å². The minimum Gasteiger partial charge on any atom is -0.488 e. The molecule has 0 spiro atoms. The molecule has 0 aromatic heterocycles. The predicted molar refractivity (Wildman–Crippen MR) is 119 cm³/mol. The average molecular weight is 392 g/mol. The number of rotatable bonds is 5. The molecule has 30 heavy (non-hydrogen) atoms. The van der Waals surface area contributed by atoms with Crippen LogP contribution >= 0.6 is 0 Å². The molecule has 0 saturated heterocycles. The summed E-state index contributed by atoms with van der Waals surface area (Å²) >= 11 is 0. The number of ether oxygens (including phenoxy) is 3. The van der Waals surface area contributed by atoms with E-state index in [2.05, 4.69) is 18.2 Å². The normalized spacial score (nSPS) is 12.3. The second-order valence-electron chi connectivity index (χ2n) is 7.01. The van der Waals surface area contributed by atoms with Crippen molar-refractivity contribution in [1.82, 2.24) is 0 Å². The molecule has 3 heteroatoms. The maximum Gasteiger partial charge on any atom is 0.131 e. The van der Waals surface area contributed by atoms with Crippen LogP contribution in [0.15, 0.2) is 103 Å². The Hall–Kier alpha value is -3.98. The van der Waals surface area contributed by atoms with Gasteiger partial charge in [0.05, 0.1) is 0 Å². The number of hydrogen-bond donors (Lipinski definition) is 0. The summed E-state index contributed by atoms with van der Waals surface area (Å²) in [6.07, 6.45) is 2.16. The summed E-state index contributed by atoms with van der Waals surface area (Å²) in [5.74, 6) is 4.04. The highest BCUT2D eigenvalue weighted by molar-refractivity contribution is 5.85. The fourth-order valence-corrected chi connectivity index (χ4v) is 3.36. The fraction of sp³-hybridized carbons (Fsp3) is 0.0370. The van der Waals surface area contributed by atoms with Gasteiger partial charge in [0.25, 0.3) is 0 Å². The predicted octanol–water partition coefficient (Wildman–Crippen LogP) is 7.20. The van der Waals surface area contributed by atoms with Gasteiger partial charge in [0.1, 0.15) is 35.4 Å². The van der Waals surface area contributed by atoms with Gasteiger partial charge in [-0.25, -0.2) is 0 Å². The average Bonchev–Trinajstić information content (AvgIpc) is 2.81. The molecular formula is C27H20O3. The Balaban J connectivity index is 1.32. The van der Waals surface area contributed by atoms with E-state index in [1.54, 1.807) is 0 Å². The quantitative estimate of drug-likeness (QED) is 0.359. The summed E-state index contributed by atoms with van der Waals surface area (Å²) in [5.41, 5.74) is 3.29. The molecule has 0 amide bonds. The molecule has 1 aliphatic rings. The second kappa shape index (κ2) is 8.18. The van der Waals surface area contributed by atoms with Crippen molar-refractivity contribution in [3.8, 4) is 28.7 Å². The summed E-state index contributed by atoms with van der Waals surface area (Å²) in [5, 5.41) is 0. The molecule has 0 saturated carbocycles. The van der Waals surface area contributed by atoms with Crippen molar-refractivity contribution in [1.29, 1.82) is 0 Å². The smallest absolute Gasteiger partial charge is 0.131 e. The molecule has 0 aliphatic carbocycles. The largest absolute Gasteiger partial charge is 0.488 e. The molecule has 1 aliphatic heterocycles. The molecule has 3 nitrogen and oxygen atoms in total. The fourth-order valence-electron chi connectivity index (χ4n) is 3.36. The Morgan fingerprint density at radius 1 is 0.567 bits per heavy atom. The van der Waals surface area contributed by atoms with Crippen LogP contribution in [0.25, 0.3) is 11.6 Å². The molecule has 0 atom stereocenters. The van der Waals surface area contributed by atoms with Gasteiger partial charge in [-0.3, -0.25) is 0 Å². The molecule has 0 fully saturated rings. The van der Waals surface area contributed by atoms with Gasteiger partial charge in [0.2, 0.25) is 0 Å². The van der Waals surface area contributed by atoms with Crippen molar-refractivity contribution < 1.29 is 14.2 Å². The summed E-state index contributed by atoms with van der Waals surface area (Å²) in [6, 6.07) is 33.5. The van der Waals surface area contributed by atoms with Gasteiger partial charge in [0, 0.05) is 11.6 Å². The van der Waals surface area contributed by atoms with Gasteiger partial charge in [-0.1, -0.05) is 48.5 Å². The maximum absolute atomic E-state index is 6.02. The maximum atomic E-state index is 6.02. The van der Waals surface area contributed by atoms with E-state index in [4.69, 9.17) is 14.2 Å². The molecule has 0 N–H and O–H groups in total. The lowest BCUT2D eigenvalue weighted by atomic mass is 10.0. The number of fused-ring (bicyclic) bond motifs is 1. The lowest BCUT2D eigenvalue weighted by Crippen LogP contribution is -2.06. The number of benzene rings is 4. The van der Waals surface area contributed by atoms with E-state index in [9.17, 15) is 0 Å². The zero-order valence-electron chi connectivity index (χ0n) is 16.3. The zero-order valence-corrected chi connectivity index (χ0v) is 16.3. The Morgan fingerprint density at radius 2 is 1.13 bits per heavy atom. The Bertz CT molecular complexity index is 1160. The third kappa shape index (κ3) is 4.06. The van der Waals surface area contributed by atoms with Gasteiger partial charge < -0.3 is 14.2 Å². The topological polar surface area (TPSA) is 27.7 Å². The van der Waals surface area contributed by atoms with Crippen molar-refractivity contribution in [3.63, 3.8) is 0 Å². The highest BCUT2D eigenvalue weighted by atomic mass is 16.5. The molecule has 5 rings (SSSR count). The van der Waals surface area contributed by atoms with Gasteiger partial charge in [-0.2, -0.15) is 0 Å². The van der Waals surface area contributed by atoms with Crippen molar-refractivity contribution >= 4 is 11.6 Å². The van der Waals surface area contributed by atoms with E-state index in [1.165, 1.54) is 0 Å². The first-order valence-corrected chi connectivity index (χ1v) is 9.87. The van der Waals surface area contributed by atoms with Gasteiger partial charge in [-0.15, -0.1) is 0 Å². The van der Waals surface area contributed by atoms with E-state index in [-0.39, 0.29) is 0 Å². The second-order valence-corrected chi connectivity index (χ2v) is 7.01. The van der Waals surface area contributed by atoms with E-state index in [1.807, 2.05) is 91.0 Å². The van der Waals surface area contributed by atoms with Crippen LogP contribution in [-0.2, 0) is 0 Å². The van der Waals surface area contributed by atoms with Gasteiger partial charge in [-0.05, 0) is 65.7 Å². The monoisotopic (exact) mass is 392 g/mol. The van der Waals surface area contributed by atoms with Crippen LogP contribution in [0.5, 0.6) is 28.7 Å². The summed E-state index contributed by atoms with van der Waals surface area (Å²) in [7, 11) is 0. The summed E-state index contributed by atoms with van der Waals surface area (Å²) in [6.45, 7) is 0.515. The lowest BCUT2D eigenvalue weighted by Gasteiger charge is -2.19. The van der Waals surface area contributed by atoms with Crippen molar-refractivity contribution in [2.24, 2.45) is 0 Å². The summed E-state index contributed by atoms with van der Waals surface area (Å²) in [4.78, 5) is 0. The van der Waals surface area contributed by atoms with Crippen LogP contribution < -0.4 is 14.2 Å². The minimum absolute atomic E-state index is 0.515. The Kier molecular flexibility index (Phi) is 4.93. The Morgan fingerprint density at radius 3 is 1.80 bits per heavy atom. The van der Waals surface area contributed by atoms with Crippen LogP contribution in [-0.4, -0.2) is 6.61 Å². The number of para-hydroxylation sites is 2. The summed E-state index contributed by atoms with van der Waals surface area (Å²) < 4.78 is 17.8. The van der Waals surface area contributed by atoms with E-state index >= 15 is 0 Å². The molecule has 146 valence electrons. The van der Waals surface area contributed by atoms with Crippen LogP contribution in [0.4, 0.5) is 0 Å². The SMILES string of the molecule is C1=C(c2ccc(Oc3ccccc3)cc2)COc2cc(Oc3ccccc3)ccc21. The first kappa shape index (κ1) is 18.1. The third-order valence-electron chi connectivity index (χ3n) is 4.88. The molecule has 0 bridgehead atoms. The van der Waals surface area contributed by atoms with Crippen LogP contribution in [0, 0.1) is 0 Å². The molecule has 1 heterocycles. The molecule has 4 aromatic rings. The standard InChI is InChI=1S/C27H20O3/c1-3-7-23(8-4-1)29-25-14-11-20(12-15-25)22-17-21-13-16-26(18-27(21)28-19-22)30-24-9-5-2-6-10-24/h1-18H,19H2. The van der Waals surface area contributed by atoms with Crippen molar-refractivity contribution in [2.75, 3.05) is 6.61 Å². The Labute approximate surface area is 175 Å². The minimum atomic E-state index is 0.515. The van der Waals surface area contributed by atoms with E-state index < -0.39 is 0 Å². The molecule has 0 unspecified atom stereocenters. The van der Waals surface area contributed by atoms with Crippen molar-refractivity contribution in [3.05, 3.63) is 114 Å². The molecule has 0 radical (unpaired) electrons. The van der Waals surface area contributed by atoms with Crippen LogP contribution in [0.3, 0.4) is 0 Å². The van der Waals surface area contributed by atoms with Crippen LogP contribution in [0.1, 0.15) is 11.1 Å². The first-order valence-electron chi connectivity index (χ1n) is 9.87. The van der Waals surface area contributed by atoms with E-state index in [0.29, 0.717) is 6.61 Å².